The number of carbonyl (C=O) groups is 3. The molecule has 0 bridgehead atoms. The molecule has 2 aromatic rings. The zero-order valence-electron chi connectivity index (χ0n) is 14.2. The van der Waals surface area contributed by atoms with Crippen molar-refractivity contribution in [3.05, 3.63) is 58.1 Å². The molecule has 0 heterocycles. The summed E-state index contributed by atoms with van der Waals surface area (Å²) in [5.41, 5.74) is 0.426. The van der Waals surface area contributed by atoms with Crippen LogP contribution < -0.4 is 10.1 Å². The van der Waals surface area contributed by atoms with Crippen molar-refractivity contribution in [3.63, 3.8) is 0 Å². The molecule has 0 aliphatic rings. The third-order valence-electron chi connectivity index (χ3n) is 3.21. The van der Waals surface area contributed by atoms with Crippen LogP contribution in [0.15, 0.2) is 42.5 Å². The first-order chi connectivity index (χ1) is 12.9. The van der Waals surface area contributed by atoms with Crippen LogP contribution in [0.2, 0.25) is 10.0 Å². The summed E-state index contributed by atoms with van der Waals surface area (Å²) in [6, 6.07) is 10.8. The number of amides is 1. The summed E-state index contributed by atoms with van der Waals surface area (Å²) in [6.45, 7) is -0.987. The number of anilines is 1. The van der Waals surface area contributed by atoms with Gasteiger partial charge in [-0.3, -0.25) is 4.79 Å². The van der Waals surface area contributed by atoms with Gasteiger partial charge < -0.3 is 19.5 Å². The second-order valence-electron chi connectivity index (χ2n) is 5.11. The summed E-state index contributed by atoms with van der Waals surface area (Å²) >= 11 is 11.7. The molecule has 1 N–H and O–H groups in total. The summed E-state index contributed by atoms with van der Waals surface area (Å²) < 4.78 is 14.7. The van der Waals surface area contributed by atoms with Crippen LogP contribution in [0.25, 0.3) is 0 Å². The Kier molecular flexibility index (Phi) is 7.45. The Hall–Kier alpha value is -2.77. The zero-order valence-corrected chi connectivity index (χ0v) is 15.7. The van der Waals surface area contributed by atoms with Gasteiger partial charge in [-0.15, -0.1) is 0 Å². The Balaban J connectivity index is 1.83. The molecule has 0 aromatic heterocycles. The Morgan fingerprint density at radius 2 is 1.78 bits per heavy atom. The third-order valence-corrected chi connectivity index (χ3v) is 3.74. The maximum absolute atomic E-state index is 11.9. The fourth-order valence-corrected chi connectivity index (χ4v) is 2.45. The predicted octanol–water partition coefficient (Wildman–Crippen LogP) is 3.34. The highest BCUT2D eigenvalue weighted by Crippen LogP contribution is 2.27. The lowest BCUT2D eigenvalue weighted by atomic mass is 10.2. The van der Waals surface area contributed by atoms with E-state index >= 15 is 0 Å². The molecule has 2 aromatic carbocycles. The topological polar surface area (TPSA) is 90.9 Å². The standard InChI is InChI=1S/C18H15Cl2NO6/c1-25-18(24)12-4-2-3-5-14(12)21-16(22)9-27-17(23)10-26-15-7-6-11(19)8-13(15)20/h2-8H,9-10H2,1H3,(H,21,22). The van der Waals surface area contributed by atoms with E-state index in [1.807, 2.05) is 0 Å². The van der Waals surface area contributed by atoms with Crippen LogP contribution in [0.4, 0.5) is 5.69 Å². The van der Waals surface area contributed by atoms with E-state index in [4.69, 9.17) is 32.7 Å². The van der Waals surface area contributed by atoms with E-state index in [1.165, 1.54) is 31.4 Å². The van der Waals surface area contributed by atoms with Gasteiger partial charge in [0, 0.05) is 5.02 Å². The minimum atomic E-state index is -0.766. The SMILES string of the molecule is COC(=O)c1ccccc1NC(=O)COC(=O)COc1ccc(Cl)cc1Cl. The highest BCUT2D eigenvalue weighted by atomic mass is 35.5. The van der Waals surface area contributed by atoms with E-state index in [0.29, 0.717) is 5.02 Å². The summed E-state index contributed by atoms with van der Waals surface area (Å²) in [5.74, 6) is -1.73. The number of methoxy groups -OCH3 is 1. The lowest BCUT2D eigenvalue weighted by Gasteiger charge is -2.10. The van der Waals surface area contributed by atoms with Crippen molar-refractivity contribution < 1.29 is 28.6 Å². The van der Waals surface area contributed by atoms with Crippen LogP contribution in [-0.2, 0) is 19.1 Å². The van der Waals surface area contributed by atoms with E-state index in [9.17, 15) is 14.4 Å². The molecule has 0 saturated heterocycles. The highest BCUT2D eigenvalue weighted by molar-refractivity contribution is 6.35. The van der Waals surface area contributed by atoms with Gasteiger partial charge in [-0.2, -0.15) is 0 Å². The maximum atomic E-state index is 11.9. The quantitative estimate of drug-likeness (QED) is 0.702. The van der Waals surface area contributed by atoms with Crippen LogP contribution in [0, 0.1) is 0 Å². The lowest BCUT2D eigenvalue weighted by molar-refractivity contribution is -0.149. The number of ether oxygens (including phenoxy) is 3. The van der Waals surface area contributed by atoms with Crippen LogP contribution in [0.5, 0.6) is 5.75 Å². The molecule has 0 saturated carbocycles. The monoisotopic (exact) mass is 411 g/mol. The van der Waals surface area contributed by atoms with E-state index < -0.39 is 31.1 Å². The smallest absolute Gasteiger partial charge is 0.344 e. The number of para-hydroxylation sites is 1. The number of hydrogen-bond acceptors (Lipinski definition) is 6. The first-order valence-electron chi connectivity index (χ1n) is 7.61. The molecule has 0 atom stereocenters. The molecule has 27 heavy (non-hydrogen) atoms. The molecule has 7 nitrogen and oxygen atoms in total. The van der Waals surface area contributed by atoms with Gasteiger partial charge in [-0.1, -0.05) is 35.3 Å². The number of halogens is 2. The number of esters is 2. The molecule has 1 amide bonds. The maximum Gasteiger partial charge on any atom is 0.344 e. The molecule has 0 spiro atoms. The number of carbonyl (C=O) groups excluding carboxylic acids is 3. The Labute approximate surface area is 165 Å². The molecule has 9 heteroatoms. The lowest BCUT2D eigenvalue weighted by Crippen LogP contribution is -2.24. The van der Waals surface area contributed by atoms with Crippen LogP contribution in [0.3, 0.4) is 0 Å². The molecule has 0 fully saturated rings. The molecule has 0 aliphatic carbocycles. The van der Waals surface area contributed by atoms with E-state index in [2.05, 4.69) is 10.1 Å². The molecule has 0 unspecified atom stereocenters. The van der Waals surface area contributed by atoms with E-state index in [-0.39, 0.29) is 22.0 Å². The van der Waals surface area contributed by atoms with Gasteiger partial charge in [-0.05, 0) is 30.3 Å². The second kappa shape index (κ2) is 9.80. The normalized spacial score (nSPS) is 10.0. The molecule has 0 radical (unpaired) electrons. The number of benzene rings is 2. The number of hydrogen-bond donors (Lipinski definition) is 1. The van der Waals surface area contributed by atoms with Crippen LogP contribution in [-0.4, -0.2) is 38.2 Å². The van der Waals surface area contributed by atoms with Crippen molar-refractivity contribution in [3.8, 4) is 5.75 Å². The van der Waals surface area contributed by atoms with Crippen molar-refractivity contribution in [2.75, 3.05) is 25.6 Å². The summed E-state index contributed by atoms with van der Waals surface area (Å²) in [7, 11) is 1.23. The highest BCUT2D eigenvalue weighted by Gasteiger charge is 2.15. The zero-order chi connectivity index (χ0) is 19.8. The van der Waals surface area contributed by atoms with Crippen molar-refractivity contribution in [1.82, 2.24) is 0 Å². The molecule has 2 rings (SSSR count). The van der Waals surface area contributed by atoms with Crippen molar-refractivity contribution in [2.24, 2.45) is 0 Å². The third kappa shape index (κ3) is 6.16. The molecule has 0 aliphatic heterocycles. The Morgan fingerprint density at radius 3 is 2.48 bits per heavy atom. The Bertz CT molecular complexity index is 855. The summed E-state index contributed by atoms with van der Waals surface area (Å²) in [4.78, 5) is 35.3. The van der Waals surface area contributed by atoms with Gasteiger partial charge in [-0.25, -0.2) is 9.59 Å². The fraction of sp³-hybridized carbons (Fsp3) is 0.167. The Morgan fingerprint density at radius 1 is 1.04 bits per heavy atom. The number of nitrogens with one attached hydrogen (secondary N) is 1. The van der Waals surface area contributed by atoms with Gasteiger partial charge >= 0.3 is 11.9 Å². The van der Waals surface area contributed by atoms with Crippen LogP contribution in [0.1, 0.15) is 10.4 Å². The average Bonchev–Trinajstić information content (AvgIpc) is 2.65. The first-order valence-corrected chi connectivity index (χ1v) is 8.37. The van der Waals surface area contributed by atoms with E-state index in [0.717, 1.165) is 0 Å². The number of rotatable bonds is 7. The van der Waals surface area contributed by atoms with Crippen LogP contribution >= 0.6 is 23.2 Å². The molecular formula is C18H15Cl2NO6. The van der Waals surface area contributed by atoms with Gasteiger partial charge in [0.1, 0.15) is 5.75 Å². The largest absolute Gasteiger partial charge is 0.480 e. The summed E-state index contributed by atoms with van der Waals surface area (Å²) in [6.07, 6.45) is 0. The van der Waals surface area contributed by atoms with Crippen molar-refractivity contribution >= 4 is 46.7 Å². The van der Waals surface area contributed by atoms with Gasteiger partial charge in [0.05, 0.1) is 23.4 Å². The minimum Gasteiger partial charge on any atom is -0.480 e. The van der Waals surface area contributed by atoms with Gasteiger partial charge in [0.2, 0.25) is 0 Å². The fourth-order valence-electron chi connectivity index (χ4n) is 1.98. The molecule has 142 valence electrons. The average molecular weight is 412 g/mol. The minimum absolute atomic E-state index is 0.181. The van der Waals surface area contributed by atoms with Crippen molar-refractivity contribution in [2.45, 2.75) is 0 Å². The van der Waals surface area contributed by atoms with Gasteiger partial charge in [0.25, 0.3) is 5.91 Å². The molecular weight excluding hydrogens is 397 g/mol. The predicted molar refractivity (Wildman–Crippen MR) is 99.3 cm³/mol. The summed E-state index contributed by atoms with van der Waals surface area (Å²) in [5, 5.41) is 3.15. The van der Waals surface area contributed by atoms with Gasteiger partial charge in [0.15, 0.2) is 13.2 Å². The van der Waals surface area contributed by atoms with Crippen molar-refractivity contribution in [1.29, 1.82) is 0 Å². The van der Waals surface area contributed by atoms with E-state index in [1.54, 1.807) is 18.2 Å². The second-order valence-corrected chi connectivity index (χ2v) is 5.95. The first kappa shape index (κ1) is 20.5.